The molecule has 2 rings (SSSR count). The Labute approximate surface area is 114 Å². The van der Waals surface area contributed by atoms with Gasteiger partial charge in [0.25, 0.3) is 0 Å². The second-order valence-corrected chi connectivity index (χ2v) is 5.66. The molecule has 98 valence electrons. The summed E-state index contributed by atoms with van der Waals surface area (Å²) in [6.45, 7) is 5.20. The molecule has 0 aliphatic heterocycles. The minimum Gasteiger partial charge on any atom is -0.393 e. The number of anilines is 1. The number of nitrogens with zero attached hydrogens (tertiary/aromatic N) is 2. The van der Waals surface area contributed by atoms with E-state index in [2.05, 4.69) is 30.9 Å². The van der Waals surface area contributed by atoms with Crippen molar-refractivity contribution in [2.45, 2.75) is 45.6 Å². The topological polar surface area (TPSA) is 42.1 Å². The first-order valence-electron chi connectivity index (χ1n) is 6.61. The van der Waals surface area contributed by atoms with Crippen LogP contribution >= 0.6 is 12.2 Å². The van der Waals surface area contributed by atoms with Crippen LogP contribution in [0.1, 0.15) is 37.9 Å². The number of fused-ring (bicyclic) bond motifs is 1. The average molecular weight is 263 g/mol. The fourth-order valence-corrected chi connectivity index (χ4v) is 2.53. The van der Waals surface area contributed by atoms with Crippen LogP contribution in [-0.4, -0.2) is 22.6 Å². The van der Waals surface area contributed by atoms with E-state index in [1.54, 1.807) is 0 Å². The summed E-state index contributed by atoms with van der Waals surface area (Å²) in [5.74, 6) is 1.06. The number of thiocarbonyl (C=S) groups is 1. The molecule has 1 heterocycles. The zero-order chi connectivity index (χ0) is 13.1. The van der Waals surface area contributed by atoms with Crippen LogP contribution in [-0.2, 0) is 12.8 Å². The van der Waals surface area contributed by atoms with Crippen LogP contribution in [0.2, 0.25) is 0 Å². The van der Waals surface area contributed by atoms with Crippen molar-refractivity contribution in [1.82, 2.24) is 4.98 Å². The summed E-state index contributed by atoms with van der Waals surface area (Å²) in [5, 5.41) is 0. The second kappa shape index (κ2) is 5.65. The van der Waals surface area contributed by atoms with Crippen LogP contribution in [0.5, 0.6) is 0 Å². The maximum atomic E-state index is 5.59. The van der Waals surface area contributed by atoms with Crippen LogP contribution in [0.3, 0.4) is 0 Å². The first kappa shape index (κ1) is 13.3. The molecule has 1 aromatic heterocycles. The van der Waals surface area contributed by atoms with Crippen molar-refractivity contribution >= 4 is 23.0 Å². The van der Waals surface area contributed by atoms with E-state index in [0.29, 0.717) is 11.0 Å². The number of nitrogens with two attached hydrogens (primary N) is 1. The molecular formula is C14H21N3S. The van der Waals surface area contributed by atoms with Gasteiger partial charge in [0.05, 0.1) is 4.99 Å². The monoisotopic (exact) mass is 263 g/mol. The zero-order valence-electron chi connectivity index (χ0n) is 11.1. The van der Waals surface area contributed by atoms with E-state index < -0.39 is 0 Å². The van der Waals surface area contributed by atoms with E-state index in [1.165, 1.54) is 24.1 Å². The summed E-state index contributed by atoms with van der Waals surface area (Å²) < 4.78 is 0. The molecule has 1 aromatic rings. The number of hydrogen-bond acceptors (Lipinski definition) is 3. The van der Waals surface area contributed by atoms with E-state index in [9.17, 15) is 0 Å². The minimum atomic E-state index is 0.409. The number of aromatic nitrogens is 1. The third-order valence-corrected chi connectivity index (χ3v) is 3.63. The third kappa shape index (κ3) is 2.99. The lowest BCUT2D eigenvalue weighted by Crippen LogP contribution is -2.34. The first-order chi connectivity index (χ1) is 8.58. The van der Waals surface area contributed by atoms with Crippen LogP contribution in [0.25, 0.3) is 0 Å². The van der Waals surface area contributed by atoms with E-state index in [0.717, 1.165) is 25.2 Å². The summed E-state index contributed by atoms with van der Waals surface area (Å²) in [6, 6.07) is 4.76. The van der Waals surface area contributed by atoms with Gasteiger partial charge in [0.2, 0.25) is 0 Å². The summed E-state index contributed by atoms with van der Waals surface area (Å²) >= 11 is 4.96. The molecule has 0 unspecified atom stereocenters. The molecule has 0 amide bonds. The van der Waals surface area contributed by atoms with E-state index in [1.807, 2.05) is 0 Å². The van der Waals surface area contributed by atoms with Crippen molar-refractivity contribution in [3.63, 3.8) is 0 Å². The van der Waals surface area contributed by atoms with E-state index in [-0.39, 0.29) is 0 Å². The Morgan fingerprint density at radius 2 is 2.22 bits per heavy atom. The van der Waals surface area contributed by atoms with Crippen molar-refractivity contribution in [2.24, 2.45) is 5.73 Å². The highest BCUT2D eigenvalue weighted by molar-refractivity contribution is 7.80. The number of aryl methyl sites for hydroxylation is 2. The lowest BCUT2D eigenvalue weighted by Gasteiger charge is -2.28. The molecule has 2 N–H and O–H groups in total. The Kier molecular flexibility index (Phi) is 4.17. The average Bonchev–Trinajstić information content (AvgIpc) is 2.75. The minimum absolute atomic E-state index is 0.409. The molecule has 4 heteroatoms. The standard InChI is InChI=1S/C14H21N3S/c1-10(2)17(9-8-13(15)18)14-7-6-11-4-3-5-12(11)16-14/h6-7,10H,3-5,8-9H2,1-2H3,(H2,15,18). The molecular weight excluding hydrogens is 242 g/mol. The Hall–Kier alpha value is -1.16. The van der Waals surface area contributed by atoms with Gasteiger partial charge in [-0.3, -0.25) is 0 Å². The largest absolute Gasteiger partial charge is 0.393 e. The van der Waals surface area contributed by atoms with Gasteiger partial charge in [-0.15, -0.1) is 0 Å². The lowest BCUT2D eigenvalue weighted by atomic mass is 10.2. The molecule has 0 bridgehead atoms. The van der Waals surface area contributed by atoms with Crippen LogP contribution in [0.15, 0.2) is 12.1 Å². The van der Waals surface area contributed by atoms with E-state index >= 15 is 0 Å². The summed E-state index contributed by atoms with van der Waals surface area (Å²) in [6.07, 6.45) is 4.27. The fraction of sp³-hybridized carbons (Fsp3) is 0.571. The van der Waals surface area contributed by atoms with Gasteiger partial charge in [0.1, 0.15) is 5.82 Å². The lowest BCUT2D eigenvalue weighted by molar-refractivity contribution is 0.679. The molecule has 0 aromatic carbocycles. The Morgan fingerprint density at radius 1 is 1.44 bits per heavy atom. The van der Waals surface area contributed by atoms with Gasteiger partial charge in [-0.05, 0) is 44.7 Å². The van der Waals surface area contributed by atoms with Gasteiger partial charge in [-0.2, -0.15) is 0 Å². The maximum absolute atomic E-state index is 5.59. The molecule has 0 spiro atoms. The second-order valence-electron chi connectivity index (χ2n) is 5.13. The van der Waals surface area contributed by atoms with E-state index in [4.69, 9.17) is 22.9 Å². The van der Waals surface area contributed by atoms with Crippen molar-refractivity contribution in [3.8, 4) is 0 Å². The highest BCUT2D eigenvalue weighted by Gasteiger charge is 2.17. The summed E-state index contributed by atoms with van der Waals surface area (Å²) in [7, 11) is 0. The van der Waals surface area contributed by atoms with Crippen LogP contribution < -0.4 is 10.6 Å². The first-order valence-corrected chi connectivity index (χ1v) is 7.02. The molecule has 1 aliphatic carbocycles. The number of hydrogen-bond donors (Lipinski definition) is 1. The molecule has 0 atom stereocenters. The fourth-order valence-electron chi connectivity index (χ4n) is 2.44. The molecule has 1 aliphatic rings. The SMILES string of the molecule is CC(C)N(CCC(N)=S)c1ccc2c(n1)CCC2. The molecule has 0 fully saturated rings. The van der Waals surface area contributed by atoms with Crippen molar-refractivity contribution < 1.29 is 0 Å². The molecule has 18 heavy (non-hydrogen) atoms. The van der Waals surface area contributed by atoms with Gasteiger partial charge in [0, 0.05) is 24.7 Å². The highest BCUT2D eigenvalue weighted by Crippen LogP contribution is 2.24. The number of pyridine rings is 1. The molecule has 0 saturated heterocycles. The van der Waals surface area contributed by atoms with Gasteiger partial charge in [-0.25, -0.2) is 4.98 Å². The zero-order valence-corrected chi connectivity index (χ0v) is 12.0. The summed E-state index contributed by atoms with van der Waals surface area (Å²) in [5.41, 5.74) is 8.28. The smallest absolute Gasteiger partial charge is 0.129 e. The molecule has 0 saturated carbocycles. The molecule has 0 radical (unpaired) electrons. The predicted molar refractivity (Wildman–Crippen MR) is 80.1 cm³/mol. The Morgan fingerprint density at radius 3 is 2.89 bits per heavy atom. The maximum Gasteiger partial charge on any atom is 0.129 e. The number of rotatable bonds is 5. The van der Waals surface area contributed by atoms with Gasteiger partial charge in [0.15, 0.2) is 0 Å². The van der Waals surface area contributed by atoms with Gasteiger partial charge >= 0.3 is 0 Å². The van der Waals surface area contributed by atoms with Gasteiger partial charge < -0.3 is 10.6 Å². The quantitative estimate of drug-likeness (QED) is 0.829. The van der Waals surface area contributed by atoms with Crippen molar-refractivity contribution in [2.75, 3.05) is 11.4 Å². The Balaban J connectivity index is 2.17. The third-order valence-electron chi connectivity index (χ3n) is 3.43. The Bertz CT molecular complexity index is 443. The molecule has 3 nitrogen and oxygen atoms in total. The van der Waals surface area contributed by atoms with Crippen LogP contribution in [0, 0.1) is 0 Å². The normalized spacial score (nSPS) is 13.7. The van der Waals surface area contributed by atoms with Crippen molar-refractivity contribution in [1.29, 1.82) is 0 Å². The predicted octanol–water partition coefficient (Wildman–Crippen LogP) is 2.46. The highest BCUT2D eigenvalue weighted by atomic mass is 32.1. The van der Waals surface area contributed by atoms with Crippen LogP contribution in [0.4, 0.5) is 5.82 Å². The summed E-state index contributed by atoms with van der Waals surface area (Å²) in [4.78, 5) is 7.64. The van der Waals surface area contributed by atoms with Crippen molar-refractivity contribution in [3.05, 3.63) is 23.4 Å². The van der Waals surface area contributed by atoms with Gasteiger partial charge in [-0.1, -0.05) is 18.3 Å².